The van der Waals surface area contributed by atoms with Gasteiger partial charge in [0.05, 0.1) is 26.9 Å². The number of hydrogen-bond acceptors (Lipinski definition) is 5. The lowest BCUT2D eigenvalue weighted by molar-refractivity contribution is 0.0472. The summed E-state index contributed by atoms with van der Waals surface area (Å²) >= 11 is 6.04. The van der Waals surface area contributed by atoms with Gasteiger partial charge in [-0.15, -0.1) is 0 Å². The number of rotatable bonds is 6. The summed E-state index contributed by atoms with van der Waals surface area (Å²) in [5.41, 5.74) is 1.03. The molecule has 0 radical (unpaired) electrons. The summed E-state index contributed by atoms with van der Waals surface area (Å²) in [7, 11) is 4.46. The molecule has 0 N–H and O–H groups in total. The van der Waals surface area contributed by atoms with Gasteiger partial charge in [0.1, 0.15) is 6.61 Å². The Hall–Kier alpha value is -2.40. The lowest BCUT2D eigenvalue weighted by Crippen LogP contribution is -2.07. The summed E-state index contributed by atoms with van der Waals surface area (Å²) in [5.74, 6) is 0.676. The Morgan fingerprint density at radius 3 is 2.13 bits per heavy atom. The van der Waals surface area contributed by atoms with Crippen LogP contribution in [0.15, 0.2) is 36.4 Å². The molecule has 0 spiro atoms. The molecule has 0 amide bonds. The summed E-state index contributed by atoms with van der Waals surface area (Å²) in [6, 6.07) is 10.3. The molecule has 0 aliphatic carbocycles. The molecule has 0 bridgehead atoms. The average Bonchev–Trinajstić information content (AvgIpc) is 2.59. The van der Waals surface area contributed by atoms with E-state index in [1.165, 1.54) is 33.5 Å². The smallest absolute Gasteiger partial charge is 0.338 e. The molecule has 2 aromatic rings. The minimum absolute atomic E-state index is 0.0785. The maximum absolute atomic E-state index is 12.2. The van der Waals surface area contributed by atoms with Gasteiger partial charge in [0.2, 0.25) is 5.75 Å². The van der Waals surface area contributed by atoms with Gasteiger partial charge in [-0.1, -0.05) is 29.8 Å². The highest BCUT2D eigenvalue weighted by atomic mass is 35.5. The Kier molecular flexibility index (Phi) is 5.71. The van der Waals surface area contributed by atoms with Gasteiger partial charge in [-0.25, -0.2) is 4.79 Å². The van der Waals surface area contributed by atoms with Crippen molar-refractivity contribution in [2.75, 3.05) is 21.3 Å². The van der Waals surface area contributed by atoms with Gasteiger partial charge in [0.25, 0.3) is 0 Å². The van der Waals surface area contributed by atoms with Crippen LogP contribution in [0.2, 0.25) is 5.02 Å². The summed E-state index contributed by atoms with van der Waals surface area (Å²) in [6.07, 6.45) is 0. The van der Waals surface area contributed by atoms with E-state index in [0.717, 1.165) is 5.56 Å². The maximum Gasteiger partial charge on any atom is 0.338 e. The number of carbonyl (C=O) groups excluding carboxylic acids is 1. The van der Waals surface area contributed by atoms with Crippen molar-refractivity contribution in [3.8, 4) is 17.2 Å². The van der Waals surface area contributed by atoms with E-state index in [2.05, 4.69) is 0 Å². The van der Waals surface area contributed by atoms with Crippen molar-refractivity contribution in [3.63, 3.8) is 0 Å². The first-order valence-electron chi connectivity index (χ1n) is 6.81. The predicted molar refractivity (Wildman–Crippen MR) is 86.7 cm³/mol. The number of ether oxygens (including phenoxy) is 4. The molecule has 6 heteroatoms. The van der Waals surface area contributed by atoms with Crippen LogP contribution < -0.4 is 14.2 Å². The van der Waals surface area contributed by atoms with Gasteiger partial charge >= 0.3 is 5.97 Å². The number of methoxy groups -OCH3 is 3. The first-order valence-corrected chi connectivity index (χ1v) is 7.19. The monoisotopic (exact) mass is 336 g/mol. The Labute approximate surface area is 139 Å². The molecule has 0 saturated carbocycles. The molecule has 0 heterocycles. The van der Waals surface area contributed by atoms with Crippen molar-refractivity contribution in [2.24, 2.45) is 0 Å². The second-order valence-corrected chi connectivity index (χ2v) is 4.99. The molecule has 23 heavy (non-hydrogen) atoms. The second kappa shape index (κ2) is 7.74. The summed E-state index contributed by atoms with van der Waals surface area (Å²) in [5, 5.41) is 0.546. The average molecular weight is 337 g/mol. The Bertz CT molecular complexity index is 674. The minimum Gasteiger partial charge on any atom is -0.493 e. The molecular formula is C17H17ClO5. The molecule has 2 rings (SSSR count). The van der Waals surface area contributed by atoms with Crippen molar-refractivity contribution in [3.05, 3.63) is 52.5 Å². The van der Waals surface area contributed by atoms with Gasteiger partial charge in [0.15, 0.2) is 11.5 Å². The third kappa shape index (κ3) is 3.87. The predicted octanol–water partition coefficient (Wildman–Crippen LogP) is 3.72. The lowest BCUT2D eigenvalue weighted by atomic mass is 10.2. The number of benzene rings is 2. The highest BCUT2D eigenvalue weighted by Crippen LogP contribution is 2.38. The van der Waals surface area contributed by atoms with E-state index in [9.17, 15) is 4.79 Å². The highest BCUT2D eigenvalue weighted by molar-refractivity contribution is 6.31. The number of esters is 1. The molecular weight excluding hydrogens is 320 g/mol. The zero-order valence-corrected chi connectivity index (χ0v) is 13.8. The van der Waals surface area contributed by atoms with E-state index in [0.29, 0.717) is 27.8 Å². The van der Waals surface area contributed by atoms with E-state index in [-0.39, 0.29) is 6.61 Å². The van der Waals surface area contributed by atoms with Crippen LogP contribution in [0.5, 0.6) is 17.2 Å². The van der Waals surface area contributed by atoms with Gasteiger partial charge in [-0.05, 0) is 18.2 Å². The van der Waals surface area contributed by atoms with Crippen molar-refractivity contribution in [2.45, 2.75) is 6.61 Å². The molecule has 0 unspecified atom stereocenters. The molecule has 0 aromatic heterocycles. The van der Waals surface area contributed by atoms with E-state index >= 15 is 0 Å². The fourth-order valence-electron chi connectivity index (χ4n) is 2.04. The number of halogens is 1. The van der Waals surface area contributed by atoms with Gasteiger partial charge in [-0.2, -0.15) is 0 Å². The fraction of sp³-hybridized carbons (Fsp3) is 0.235. The molecule has 122 valence electrons. The van der Waals surface area contributed by atoms with Crippen LogP contribution >= 0.6 is 11.6 Å². The first kappa shape index (κ1) is 17.0. The third-order valence-electron chi connectivity index (χ3n) is 3.22. The van der Waals surface area contributed by atoms with Gasteiger partial charge in [-0.3, -0.25) is 0 Å². The van der Waals surface area contributed by atoms with Crippen LogP contribution in [0.25, 0.3) is 0 Å². The van der Waals surface area contributed by atoms with Crippen LogP contribution in [0, 0.1) is 0 Å². The van der Waals surface area contributed by atoms with Crippen molar-refractivity contribution < 1.29 is 23.7 Å². The molecule has 2 aromatic carbocycles. The molecule has 0 saturated heterocycles. The fourth-order valence-corrected chi connectivity index (χ4v) is 2.23. The quantitative estimate of drug-likeness (QED) is 0.752. The van der Waals surface area contributed by atoms with E-state index < -0.39 is 5.97 Å². The minimum atomic E-state index is -0.510. The van der Waals surface area contributed by atoms with Crippen molar-refractivity contribution in [1.82, 2.24) is 0 Å². The van der Waals surface area contributed by atoms with Crippen LogP contribution in [0.3, 0.4) is 0 Å². The summed E-state index contributed by atoms with van der Waals surface area (Å²) in [4.78, 5) is 12.2. The molecule has 0 aliphatic heterocycles. The normalized spacial score (nSPS) is 10.1. The van der Waals surface area contributed by atoms with Crippen molar-refractivity contribution in [1.29, 1.82) is 0 Å². The SMILES string of the molecule is COc1cc(C(=O)OCc2ccccc2Cl)cc(OC)c1OC. The van der Waals surface area contributed by atoms with Gasteiger partial charge < -0.3 is 18.9 Å². The zero-order chi connectivity index (χ0) is 16.8. The molecule has 0 fully saturated rings. The van der Waals surface area contributed by atoms with E-state index in [1.54, 1.807) is 12.1 Å². The maximum atomic E-state index is 12.2. The Morgan fingerprint density at radius 2 is 1.61 bits per heavy atom. The second-order valence-electron chi connectivity index (χ2n) is 4.58. The van der Waals surface area contributed by atoms with E-state index in [4.69, 9.17) is 30.5 Å². The third-order valence-corrected chi connectivity index (χ3v) is 3.59. The lowest BCUT2D eigenvalue weighted by Gasteiger charge is -2.14. The standard InChI is InChI=1S/C17H17ClO5/c1-20-14-8-12(9-15(21-2)16(14)22-3)17(19)23-10-11-6-4-5-7-13(11)18/h4-9H,10H2,1-3H3. The van der Waals surface area contributed by atoms with Crippen LogP contribution in [-0.2, 0) is 11.3 Å². The largest absolute Gasteiger partial charge is 0.493 e. The Balaban J connectivity index is 2.20. The molecule has 5 nitrogen and oxygen atoms in total. The summed E-state index contributed by atoms with van der Waals surface area (Å²) in [6.45, 7) is 0.0785. The van der Waals surface area contributed by atoms with E-state index in [1.807, 2.05) is 12.1 Å². The van der Waals surface area contributed by atoms with Gasteiger partial charge in [0, 0.05) is 10.6 Å². The van der Waals surface area contributed by atoms with Crippen LogP contribution in [0.4, 0.5) is 0 Å². The highest BCUT2D eigenvalue weighted by Gasteiger charge is 2.18. The first-order chi connectivity index (χ1) is 11.1. The number of carbonyl (C=O) groups is 1. The Morgan fingerprint density at radius 1 is 1.00 bits per heavy atom. The van der Waals surface area contributed by atoms with Crippen molar-refractivity contribution >= 4 is 17.6 Å². The molecule has 0 atom stereocenters. The summed E-state index contributed by atoms with van der Waals surface area (Å²) < 4.78 is 20.9. The van der Waals surface area contributed by atoms with Crippen LogP contribution in [0.1, 0.15) is 15.9 Å². The zero-order valence-electron chi connectivity index (χ0n) is 13.1. The topological polar surface area (TPSA) is 54.0 Å². The van der Waals surface area contributed by atoms with Crippen LogP contribution in [-0.4, -0.2) is 27.3 Å². The number of hydrogen-bond donors (Lipinski definition) is 0. The molecule has 0 aliphatic rings.